The average Bonchev–Trinajstić information content (AvgIpc) is 3.29. The maximum atomic E-state index is 2.76. The van der Waals surface area contributed by atoms with Crippen LogP contribution in [0, 0.1) is 13.8 Å². The average molecular weight is 926 g/mol. The van der Waals surface area contributed by atoms with E-state index in [0.717, 1.165) is 0 Å². The third-order valence-electron chi connectivity index (χ3n) is 19.0. The van der Waals surface area contributed by atoms with Gasteiger partial charge in [-0.25, -0.2) is 0 Å². The summed E-state index contributed by atoms with van der Waals surface area (Å²) in [6.45, 7) is 44.3. The number of hydrogen-bond acceptors (Lipinski definition) is 1. The topological polar surface area (TPSA) is 3.24 Å². The highest BCUT2D eigenvalue weighted by Gasteiger charge is 2.46. The number of anilines is 3. The van der Waals surface area contributed by atoms with Gasteiger partial charge in [-0.3, -0.25) is 0 Å². The van der Waals surface area contributed by atoms with Crippen LogP contribution in [0.5, 0.6) is 0 Å². The van der Waals surface area contributed by atoms with Gasteiger partial charge in [0.2, 0.25) is 6.71 Å². The van der Waals surface area contributed by atoms with Crippen molar-refractivity contribution in [2.75, 3.05) is 4.90 Å². The van der Waals surface area contributed by atoms with Crippen LogP contribution in [0.15, 0.2) is 103 Å². The fourth-order valence-electron chi connectivity index (χ4n) is 13.9. The smallest absolute Gasteiger partial charge is 0.247 e. The highest BCUT2D eigenvalue weighted by atomic mass is 15.2. The molecule has 364 valence electrons. The van der Waals surface area contributed by atoms with E-state index in [-0.39, 0.29) is 50.5 Å². The second-order valence-electron chi connectivity index (χ2n) is 27.9. The molecule has 0 fully saturated rings. The normalized spacial score (nSPS) is 20.4. The van der Waals surface area contributed by atoms with E-state index in [1.807, 2.05) is 0 Å². The first kappa shape index (κ1) is 48.8. The molecule has 6 aromatic carbocycles. The first-order valence-corrected chi connectivity index (χ1v) is 27.2. The second kappa shape index (κ2) is 16.1. The van der Waals surface area contributed by atoms with Gasteiger partial charge in [-0.15, -0.1) is 0 Å². The minimum atomic E-state index is 0.0265. The largest absolute Gasteiger partial charge is 0.311 e. The molecule has 6 aromatic rings. The van der Waals surface area contributed by atoms with Crippen molar-refractivity contribution < 1.29 is 0 Å². The zero-order valence-corrected chi connectivity index (χ0v) is 46.7. The van der Waals surface area contributed by atoms with E-state index >= 15 is 0 Å². The number of aryl methyl sites for hydroxylation is 2. The van der Waals surface area contributed by atoms with Gasteiger partial charge in [0, 0.05) is 23.0 Å². The van der Waals surface area contributed by atoms with Crippen LogP contribution < -0.4 is 21.3 Å². The molecular formula is C68H84BN. The number of fused-ring (bicyclic) bond motifs is 5. The number of rotatable bonds is 5. The molecule has 0 radical (unpaired) electrons. The van der Waals surface area contributed by atoms with Crippen LogP contribution in [0.4, 0.5) is 17.1 Å². The molecule has 0 saturated heterocycles. The highest BCUT2D eigenvalue weighted by molar-refractivity contribution is 6.98. The van der Waals surface area contributed by atoms with Crippen LogP contribution >= 0.6 is 0 Å². The second-order valence-corrected chi connectivity index (χ2v) is 27.9. The molecule has 0 amide bonds. The summed E-state index contributed by atoms with van der Waals surface area (Å²) in [5, 5.41) is 0. The molecule has 10 rings (SSSR count). The fourth-order valence-corrected chi connectivity index (χ4v) is 13.9. The van der Waals surface area contributed by atoms with E-state index in [0.29, 0.717) is 0 Å². The third kappa shape index (κ3) is 7.87. The van der Waals surface area contributed by atoms with Crippen molar-refractivity contribution in [1.82, 2.24) is 0 Å². The van der Waals surface area contributed by atoms with Crippen LogP contribution in [-0.4, -0.2) is 6.71 Å². The molecule has 1 aliphatic heterocycles. The van der Waals surface area contributed by atoms with Crippen molar-refractivity contribution in [1.29, 1.82) is 0 Å². The molecule has 70 heavy (non-hydrogen) atoms. The molecule has 4 aliphatic rings. The van der Waals surface area contributed by atoms with Crippen molar-refractivity contribution in [3.63, 3.8) is 0 Å². The lowest BCUT2D eigenvalue weighted by atomic mass is 9.32. The van der Waals surface area contributed by atoms with Gasteiger partial charge in [-0.05, 0) is 192 Å². The zero-order valence-electron chi connectivity index (χ0n) is 46.7. The van der Waals surface area contributed by atoms with Gasteiger partial charge in [0.15, 0.2) is 0 Å². The summed E-state index contributed by atoms with van der Waals surface area (Å²) >= 11 is 0. The van der Waals surface area contributed by atoms with E-state index in [9.17, 15) is 0 Å². The molecule has 1 atom stereocenters. The van der Waals surface area contributed by atoms with E-state index < -0.39 is 0 Å². The number of benzene rings is 6. The van der Waals surface area contributed by atoms with Crippen LogP contribution in [0.25, 0.3) is 11.1 Å². The van der Waals surface area contributed by atoms with E-state index in [4.69, 9.17) is 0 Å². The molecule has 0 aromatic heterocycles. The monoisotopic (exact) mass is 926 g/mol. The summed E-state index contributed by atoms with van der Waals surface area (Å²) in [6, 6.07) is 42.2. The van der Waals surface area contributed by atoms with Gasteiger partial charge < -0.3 is 4.90 Å². The van der Waals surface area contributed by atoms with E-state index in [2.05, 4.69) is 233 Å². The van der Waals surface area contributed by atoms with E-state index in [1.54, 1.807) is 0 Å². The minimum absolute atomic E-state index is 0.0265. The van der Waals surface area contributed by atoms with Crippen molar-refractivity contribution in [2.24, 2.45) is 0 Å². The molecule has 2 heteroatoms. The highest BCUT2D eigenvalue weighted by Crippen LogP contribution is 2.53. The fraction of sp³-hybridized carbons (Fsp3) is 0.471. The Labute approximate surface area is 425 Å². The van der Waals surface area contributed by atoms with Crippen molar-refractivity contribution in [2.45, 2.75) is 207 Å². The Morgan fingerprint density at radius 1 is 0.471 bits per heavy atom. The van der Waals surface area contributed by atoms with Crippen molar-refractivity contribution in [3.05, 3.63) is 164 Å². The van der Waals surface area contributed by atoms with Gasteiger partial charge in [0.05, 0.1) is 0 Å². The van der Waals surface area contributed by atoms with Gasteiger partial charge in [-0.1, -0.05) is 201 Å². The zero-order chi connectivity index (χ0) is 50.5. The Morgan fingerprint density at radius 2 is 0.971 bits per heavy atom. The molecule has 1 nitrogen and oxygen atoms in total. The maximum absolute atomic E-state index is 2.76. The standard InChI is InChI=1S/C68H84BN/c1-42-34-43(2)61-60(35-42)70(47-25-27-51-52(37-47)64(9,10)29-28-63(51,7)8)59-41-56-55(67(15,16)32-33-68(56,17)18)40-58(59)69(61)57-39-54-53(65(11,12)30-31-66(54,13)14)38-49(57)44(3)48-26-24-46(62(4,5)6)36-50(48)45-22-20-19-21-23-45/h19-27,34-41,44H,28-33H2,1-18H3. The van der Waals surface area contributed by atoms with Crippen molar-refractivity contribution in [3.8, 4) is 11.1 Å². The summed E-state index contributed by atoms with van der Waals surface area (Å²) in [7, 11) is 0. The number of hydrogen-bond donors (Lipinski definition) is 0. The van der Waals surface area contributed by atoms with Gasteiger partial charge in [-0.2, -0.15) is 0 Å². The maximum Gasteiger partial charge on any atom is 0.247 e. The molecule has 0 bridgehead atoms. The first-order chi connectivity index (χ1) is 32.5. The lowest BCUT2D eigenvalue weighted by Crippen LogP contribution is -2.60. The van der Waals surface area contributed by atoms with Crippen LogP contribution in [-0.2, 0) is 37.9 Å². The molecule has 3 aliphatic carbocycles. The summed E-state index contributed by atoms with van der Waals surface area (Å²) in [4.78, 5) is 2.73. The summed E-state index contributed by atoms with van der Waals surface area (Å²) in [6.07, 6.45) is 7.13. The summed E-state index contributed by atoms with van der Waals surface area (Å²) in [5.41, 5.74) is 27.6. The molecular weight excluding hydrogens is 842 g/mol. The Morgan fingerprint density at radius 3 is 1.53 bits per heavy atom. The Bertz CT molecular complexity index is 3070. The van der Waals surface area contributed by atoms with Gasteiger partial charge in [0.25, 0.3) is 0 Å². The lowest BCUT2D eigenvalue weighted by Gasteiger charge is -2.47. The van der Waals surface area contributed by atoms with Gasteiger partial charge in [0.1, 0.15) is 0 Å². The summed E-state index contributed by atoms with van der Waals surface area (Å²) < 4.78 is 0. The Kier molecular flexibility index (Phi) is 11.2. The van der Waals surface area contributed by atoms with Crippen LogP contribution in [0.1, 0.15) is 216 Å². The quantitative estimate of drug-likeness (QED) is 0.156. The molecule has 0 saturated carbocycles. The third-order valence-corrected chi connectivity index (χ3v) is 19.0. The lowest BCUT2D eigenvalue weighted by molar-refractivity contribution is 0.331. The summed E-state index contributed by atoms with van der Waals surface area (Å²) in [5.74, 6) is 0.125. The molecule has 1 heterocycles. The van der Waals surface area contributed by atoms with Crippen molar-refractivity contribution >= 4 is 40.2 Å². The van der Waals surface area contributed by atoms with E-state index in [1.165, 1.54) is 144 Å². The first-order valence-electron chi connectivity index (χ1n) is 27.2. The predicted octanol–water partition coefficient (Wildman–Crippen LogP) is 16.8. The molecule has 0 spiro atoms. The Hall–Kier alpha value is -4.82. The van der Waals surface area contributed by atoms with Crippen LogP contribution in [0.2, 0.25) is 0 Å². The van der Waals surface area contributed by atoms with Gasteiger partial charge >= 0.3 is 0 Å². The predicted molar refractivity (Wildman–Crippen MR) is 306 cm³/mol. The molecule has 0 N–H and O–H groups in total. The number of nitrogens with zero attached hydrogens (tertiary/aromatic N) is 1. The van der Waals surface area contributed by atoms with Crippen LogP contribution in [0.3, 0.4) is 0 Å². The minimum Gasteiger partial charge on any atom is -0.311 e. The Balaban J connectivity index is 1.32. The molecule has 1 unspecified atom stereocenters. The SMILES string of the molecule is Cc1cc(C)c2c(c1)N(c1ccc3c(c1)C(C)(C)CCC3(C)C)c1cc3c(cc1B2c1cc2c(cc1C(C)c1ccc(C(C)(C)C)cc1-c1ccccc1)C(C)(C)CCC2(C)C)C(C)(C)CCC3(C)C.